The zero-order valence-electron chi connectivity index (χ0n) is 14.7. The molecule has 4 rings (SSSR count). The van der Waals surface area contributed by atoms with E-state index in [4.69, 9.17) is 11.6 Å². The molecule has 2 heterocycles. The number of carbonyl (C=O) groups is 2. The molecule has 0 atom stereocenters. The zero-order valence-corrected chi connectivity index (χ0v) is 16.3. The summed E-state index contributed by atoms with van der Waals surface area (Å²) in [5.74, 6) is -1.30. The van der Waals surface area contributed by atoms with Crippen molar-refractivity contribution in [3.63, 3.8) is 0 Å². The molecule has 140 valence electrons. The minimum Gasteiger partial charge on any atom is -0.478 e. The van der Waals surface area contributed by atoms with Crippen LogP contribution in [0.3, 0.4) is 0 Å². The second-order valence-corrected chi connectivity index (χ2v) is 8.39. The molecule has 2 aromatic rings. The van der Waals surface area contributed by atoms with Crippen molar-refractivity contribution in [3.8, 4) is 11.3 Å². The Labute approximate surface area is 166 Å². The Kier molecular flexibility index (Phi) is 5.02. The van der Waals surface area contributed by atoms with Gasteiger partial charge in [-0.05, 0) is 62.6 Å². The molecule has 7 heteroatoms. The first-order valence-electron chi connectivity index (χ1n) is 9.07. The molecule has 0 saturated heterocycles. The molecule has 1 amide bonds. The fourth-order valence-corrected chi connectivity index (χ4v) is 5.26. The van der Waals surface area contributed by atoms with Crippen LogP contribution < -0.4 is 5.32 Å². The highest BCUT2D eigenvalue weighted by Gasteiger charge is 2.28. The number of carboxylic acid groups (broad SMARTS) is 1. The Morgan fingerprint density at radius 1 is 1.07 bits per heavy atom. The number of thiophene rings is 1. The third-order valence-electron chi connectivity index (χ3n) is 5.13. The van der Waals surface area contributed by atoms with E-state index in [9.17, 15) is 14.7 Å². The number of hydrogen-bond donors (Lipinski definition) is 2. The van der Waals surface area contributed by atoms with Gasteiger partial charge in [-0.25, -0.2) is 4.79 Å². The minimum absolute atomic E-state index is 0.236. The number of hydrogen-bond acceptors (Lipinski definition) is 4. The molecule has 27 heavy (non-hydrogen) atoms. The van der Waals surface area contributed by atoms with Gasteiger partial charge in [-0.3, -0.25) is 9.78 Å². The summed E-state index contributed by atoms with van der Waals surface area (Å²) in [6.07, 6.45) is 7.49. The van der Waals surface area contributed by atoms with Crippen LogP contribution in [0.2, 0.25) is 5.02 Å². The third kappa shape index (κ3) is 3.51. The summed E-state index contributed by atoms with van der Waals surface area (Å²) in [5.41, 5.74) is 3.61. The molecular formula is C20H19ClN2O3S. The number of nitrogens with zero attached hydrogens (tertiary/aromatic N) is 1. The van der Waals surface area contributed by atoms with Gasteiger partial charge in [0.25, 0.3) is 5.91 Å². The van der Waals surface area contributed by atoms with E-state index in [0.717, 1.165) is 41.9 Å². The van der Waals surface area contributed by atoms with E-state index in [0.29, 0.717) is 29.9 Å². The molecule has 0 spiro atoms. The molecule has 2 N–H and O–H groups in total. The first-order valence-corrected chi connectivity index (χ1v) is 10.3. The smallest absolute Gasteiger partial charge is 0.332 e. The van der Waals surface area contributed by atoms with Crippen LogP contribution in [0.4, 0.5) is 5.00 Å². The number of amides is 1. The molecule has 2 aliphatic carbocycles. The van der Waals surface area contributed by atoms with E-state index in [2.05, 4.69) is 10.3 Å². The Hall–Kier alpha value is -2.18. The van der Waals surface area contributed by atoms with Crippen LogP contribution in [0.1, 0.15) is 42.5 Å². The number of rotatable bonds is 4. The van der Waals surface area contributed by atoms with Gasteiger partial charge in [0, 0.05) is 27.8 Å². The Balaban J connectivity index is 1.73. The van der Waals surface area contributed by atoms with Crippen LogP contribution in [0, 0.1) is 0 Å². The molecule has 2 aliphatic rings. The van der Waals surface area contributed by atoms with Crippen LogP contribution in [0.25, 0.3) is 11.3 Å². The van der Waals surface area contributed by atoms with E-state index in [1.165, 1.54) is 10.4 Å². The highest BCUT2D eigenvalue weighted by molar-refractivity contribution is 7.17. The van der Waals surface area contributed by atoms with Crippen molar-refractivity contribution in [2.24, 2.45) is 0 Å². The van der Waals surface area contributed by atoms with Gasteiger partial charge < -0.3 is 10.4 Å². The number of carbonyl (C=O) groups excluding carboxylic acids is 1. The lowest BCUT2D eigenvalue weighted by molar-refractivity contribution is -0.133. The van der Waals surface area contributed by atoms with Crippen molar-refractivity contribution in [2.45, 2.75) is 44.9 Å². The average molecular weight is 403 g/mol. The zero-order chi connectivity index (χ0) is 19.0. The lowest BCUT2D eigenvalue weighted by atomic mass is 9.94. The first-order chi connectivity index (χ1) is 13.0. The number of aliphatic carboxylic acids is 1. The molecule has 0 unspecified atom stereocenters. The SMILES string of the molecule is O=C(O)C1=C(C(=O)Nc2sc3c(c2-c2ccc(Cl)cn2)CCCC3)CCC1. The lowest BCUT2D eigenvalue weighted by Crippen LogP contribution is -2.16. The van der Waals surface area contributed by atoms with Crippen molar-refractivity contribution in [3.05, 3.63) is 44.9 Å². The summed E-state index contributed by atoms with van der Waals surface area (Å²) in [7, 11) is 0. The average Bonchev–Trinajstić information content (AvgIpc) is 3.27. The second kappa shape index (κ2) is 7.44. The molecule has 0 saturated carbocycles. The summed E-state index contributed by atoms with van der Waals surface area (Å²) >= 11 is 7.56. The van der Waals surface area contributed by atoms with Gasteiger partial charge in [0.05, 0.1) is 10.7 Å². The second-order valence-electron chi connectivity index (χ2n) is 6.85. The lowest BCUT2D eigenvalue weighted by Gasteiger charge is -2.13. The van der Waals surface area contributed by atoms with Gasteiger partial charge in [-0.1, -0.05) is 11.6 Å². The highest BCUT2D eigenvalue weighted by Crippen LogP contribution is 2.44. The van der Waals surface area contributed by atoms with Gasteiger partial charge in [0.1, 0.15) is 5.00 Å². The van der Waals surface area contributed by atoms with E-state index in [-0.39, 0.29) is 11.5 Å². The summed E-state index contributed by atoms with van der Waals surface area (Å²) in [6, 6.07) is 3.66. The predicted octanol–water partition coefficient (Wildman–Crippen LogP) is 4.85. The number of aromatic nitrogens is 1. The van der Waals surface area contributed by atoms with Gasteiger partial charge >= 0.3 is 5.97 Å². The Morgan fingerprint density at radius 2 is 1.85 bits per heavy atom. The maximum Gasteiger partial charge on any atom is 0.332 e. The van der Waals surface area contributed by atoms with Crippen LogP contribution in [-0.2, 0) is 22.4 Å². The van der Waals surface area contributed by atoms with E-state index in [1.807, 2.05) is 6.07 Å². The summed E-state index contributed by atoms with van der Waals surface area (Å²) in [5, 5.41) is 13.6. The maximum atomic E-state index is 12.8. The molecule has 0 bridgehead atoms. The van der Waals surface area contributed by atoms with Crippen LogP contribution >= 0.6 is 22.9 Å². The number of fused-ring (bicyclic) bond motifs is 1. The maximum absolute atomic E-state index is 12.8. The van der Waals surface area contributed by atoms with Crippen molar-refractivity contribution < 1.29 is 14.7 Å². The van der Waals surface area contributed by atoms with Crippen LogP contribution in [0.5, 0.6) is 0 Å². The monoisotopic (exact) mass is 402 g/mol. The van der Waals surface area contributed by atoms with Gasteiger partial charge in [0.15, 0.2) is 0 Å². The fraction of sp³-hybridized carbons (Fsp3) is 0.350. The van der Waals surface area contributed by atoms with E-state index >= 15 is 0 Å². The van der Waals surface area contributed by atoms with Gasteiger partial charge in [0.2, 0.25) is 0 Å². The Morgan fingerprint density at radius 3 is 2.59 bits per heavy atom. The molecule has 0 fully saturated rings. The first kappa shape index (κ1) is 18.2. The number of nitrogens with one attached hydrogen (secondary N) is 1. The van der Waals surface area contributed by atoms with Crippen molar-refractivity contribution in [1.29, 1.82) is 0 Å². The van der Waals surface area contributed by atoms with E-state index < -0.39 is 5.97 Å². The number of pyridine rings is 1. The molecule has 5 nitrogen and oxygen atoms in total. The van der Waals surface area contributed by atoms with E-state index in [1.54, 1.807) is 23.6 Å². The minimum atomic E-state index is -0.997. The highest BCUT2D eigenvalue weighted by atomic mass is 35.5. The van der Waals surface area contributed by atoms with Gasteiger partial charge in [-0.2, -0.15) is 0 Å². The largest absolute Gasteiger partial charge is 0.478 e. The van der Waals surface area contributed by atoms with Gasteiger partial charge in [-0.15, -0.1) is 11.3 Å². The molecule has 0 aromatic carbocycles. The standard InChI is InChI=1S/C20H19ClN2O3S/c21-11-8-9-15(22-10-11)17-14-4-1-2-7-16(14)27-19(17)23-18(24)12-5-3-6-13(12)20(25)26/h8-10H,1-7H2,(H,23,24)(H,25,26). The van der Waals surface area contributed by atoms with Crippen molar-refractivity contribution >= 4 is 39.8 Å². The third-order valence-corrected chi connectivity index (χ3v) is 6.56. The summed E-state index contributed by atoms with van der Waals surface area (Å²) in [6.45, 7) is 0. The molecule has 0 radical (unpaired) electrons. The summed E-state index contributed by atoms with van der Waals surface area (Å²) < 4.78 is 0. The Bertz CT molecular complexity index is 947. The predicted molar refractivity (Wildman–Crippen MR) is 106 cm³/mol. The topological polar surface area (TPSA) is 79.3 Å². The fourth-order valence-electron chi connectivity index (χ4n) is 3.86. The quantitative estimate of drug-likeness (QED) is 0.766. The molecule has 2 aromatic heterocycles. The van der Waals surface area contributed by atoms with Crippen molar-refractivity contribution in [2.75, 3.05) is 5.32 Å². The number of aryl methyl sites for hydroxylation is 1. The number of halogens is 1. The molecule has 0 aliphatic heterocycles. The number of anilines is 1. The summed E-state index contributed by atoms with van der Waals surface area (Å²) in [4.78, 5) is 29.9. The normalized spacial score (nSPS) is 16.3. The van der Waals surface area contributed by atoms with Crippen LogP contribution in [0.15, 0.2) is 29.5 Å². The number of carboxylic acids is 1. The van der Waals surface area contributed by atoms with Crippen molar-refractivity contribution in [1.82, 2.24) is 4.98 Å². The van der Waals surface area contributed by atoms with Crippen LogP contribution in [-0.4, -0.2) is 22.0 Å². The molecular weight excluding hydrogens is 384 g/mol.